The molecule has 4 amide bonds. The van der Waals surface area contributed by atoms with Gasteiger partial charge >= 0.3 is 6.03 Å². The Morgan fingerprint density at radius 3 is 2.56 bits per heavy atom. The Bertz CT molecular complexity index is 1010. The van der Waals surface area contributed by atoms with Crippen molar-refractivity contribution < 1.29 is 19.1 Å². The number of carbonyl (C=O) groups excluding carboxylic acids is 3. The summed E-state index contributed by atoms with van der Waals surface area (Å²) in [4.78, 5) is 46.4. The Morgan fingerprint density at radius 1 is 1.18 bits per heavy atom. The van der Waals surface area contributed by atoms with Gasteiger partial charge in [0, 0.05) is 56.4 Å². The molecule has 1 aromatic rings. The molecule has 34 heavy (non-hydrogen) atoms. The normalized spacial score (nSPS) is 21.3. The third-order valence-corrected chi connectivity index (χ3v) is 7.11. The predicted octanol–water partition coefficient (Wildman–Crippen LogP) is 1.97. The first-order chi connectivity index (χ1) is 16.3. The number of methoxy groups -OCH3 is 1. The minimum atomic E-state index is -0.702. The van der Waals surface area contributed by atoms with E-state index in [0.717, 1.165) is 19.6 Å². The molecule has 0 radical (unpaired) electrons. The molecular formula is C23H29Cl2N5O4. The van der Waals surface area contributed by atoms with Gasteiger partial charge in [-0.25, -0.2) is 4.79 Å². The van der Waals surface area contributed by atoms with Crippen molar-refractivity contribution in [1.82, 2.24) is 24.9 Å². The van der Waals surface area contributed by atoms with Crippen molar-refractivity contribution in [3.8, 4) is 0 Å². The molecule has 1 unspecified atom stereocenters. The monoisotopic (exact) mass is 509 g/mol. The lowest BCUT2D eigenvalue weighted by molar-refractivity contribution is -0.139. The molecule has 1 fully saturated rings. The Balaban J connectivity index is 1.49. The third-order valence-electron chi connectivity index (χ3n) is 6.55. The summed E-state index contributed by atoms with van der Waals surface area (Å²) in [5.74, 6) is -0.362. The molecular weight excluding hydrogens is 481 g/mol. The molecule has 1 atom stereocenters. The van der Waals surface area contributed by atoms with Gasteiger partial charge < -0.3 is 19.9 Å². The number of hydrogen-bond donors (Lipinski definition) is 1. The van der Waals surface area contributed by atoms with Crippen LogP contribution in [0, 0.1) is 0 Å². The van der Waals surface area contributed by atoms with Crippen LogP contribution in [0.1, 0.15) is 18.5 Å². The fourth-order valence-electron chi connectivity index (χ4n) is 4.68. The van der Waals surface area contributed by atoms with Gasteiger partial charge in [0.1, 0.15) is 6.54 Å². The zero-order valence-corrected chi connectivity index (χ0v) is 20.9. The molecule has 3 aliphatic rings. The minimum Gasteiger partial charge on any atom is -0.383 e. The number of carbonyl (C=O) groups is 3. The predicted molar refractivity (Wildman–Crippen MR) is 129 cm³/mol. The Labute approximate surface area is 209 Å². The quantitative estimate of drug-likeness (QED) is 0.607. The molecule has 4 rings (SSSR count). The van der Waals surface area contributed by atoms with E-state index in [1.165, 1.54) is 4.90 Å². The fourth-order valence-corrected chi connectivity index (χ4v) is 5.20. The third kappa shape index (κ3) is 4.88. The number of urea groups is 1. The first-order valence-corrected chi connectivity index (χ1v) is 12.1. The number of ether oxygens (including phenoxy) is 1. The van der Waals surface area contributed by atoms with Crippen molar-refractivity contribution in [2.75, 3.05) is 66.1 Å². The standard InChI is InChI=1S/C23H29Cl2N5O4/c1-3-30-18-13-29(14-19(31)28-8-6-27(7-9-28)10-11-34-2)22(32)20(18)21(26-23(30)33)16-5-4-15(24)12-17(16)25/h4-5,12,21H,3,6-11,13-14H2,1-2H3,(H,26,33). The number of hydrogen-bond acceptors (Lipinski definition) is 5. The van der Waals surface area contributed by atoms with Crippen LogP contribution in [0.25, 0.3) is 0 Å². The number of piperazine rings is 1. The number of amides is 4. The van der Waals surface area contributed by atoms with E-state index < -0.39 is 6.04 Å². The largest absolute Gasteiger partial charge is 0.383 e. The van der Waals surface area contributed by atoms with E-state index in [1.54, 1.807) is 35.1 Å². The van der Waals surface area contributed by atoms with Crippen LogP contribution >= 0.6 is 23.2 Å². The number of benzene rings is 1. The minimum absolute atomic E-state index is 0.0310. The average molecular weight is 510 g/mol. The van der Waals surface area contributed by atoms with E-state index in [2.05, 4.69) is 10.2 Å². The van der Waals surface area contributed by atoms with Crippen LogP contribution in [0.3, 0.4) is 0 Å². The van der Waals surface area contributed by atoms with Crippen LogP contribution < -0.4 is 5.32 Å². The summed E-state index contributed by atoms with van der Waals surface area (Å²) in [7, 11) is 1.68. The zero-order chi connectivity index (χ0) is 24.4. The van der Waals surface area contributed by atoms with E-state index in [1.807, 2.05) is 6.92 Å². The second-order valence-electron chi connectivity index (χ2n) is 8.53. The summed E-state index contributed by atoms with van der Waals surface area (Å²) in [6.07, 6.45) is 0. The van der Waals surface area contributed by atoms with Crippen LogP contribution in [-0.4, -0.2) is 104 Å². The molecule has 3 aliphatic heterocycles. The smallest absolute Gasteiger partial charge is 0.322 e. The van der Waals surface area contributed by atoms with Gasteiger partial charge in [-0.3, -0.25) is 19.4 Å². The molecule has 0 aliphatic carbocycles. The molecule has 9 nitrogen and oxygen atoms in total. The molecule has 1 N–H and O–H groups in total. The number of rotatable bonds is 7. The highest BCUT2D eigenvalue weighted by Gasteiger charge is 2.44. The van der Waals surface area contributed by atoms with Gasteiger partial charge in [0.2, 0.25) is 5.91 Å². The molecule has 0 bridgehead atoms. The van der Waals surface area contributed by atoms with Crippen LogP contribution in [0.15, 0.2) is 29.5 Å². The second kappa shape index (κ2) is 10.5. The Morgan fingerprint density at radius 2 is 1.91 bits per heavy atom. The molecule has 3 heterocycles. The molecule has 0 spiro atoms. The molecule has 1 saturated heterocycles. The van der Waals surface area contributed by atoms with E-state index >= 15 is 0 Å². The van der Waals surface area contributed by atoms with Crippen LogP contribution in [0.4, 0.5) is 4.79 Å². The SMILES string of the molecule is CCN1C(=O)NC(c2ccc(Cl)cc2Cl)C2=C1CN(CC(=O)N1CCN(CCOC)CC1)C2=O. The number of halogens is 2. The van der Waals surface area contributed by atoms with Gasteiger partial charge in [0.05, 0.1) is 30.5 Å². The molecule has 0 saturated carbocycles. The molecule has 11 heteroatoms. The van der Waals surface area contributed by atoms with E-state index in [9.17, 15) is 14.4 Å². The van der Waals surface area contributed by atoms with Crippen molar-refractivity contribution in [1.29, 1.82) is 0 Å². The summed E-state index contributed by atoms with van der Waals surface area (Å²) >= 11 is 12.5. The maximum Gasteiger partial charge on any atom is 0.322 e. The maximum atomic E-state index is 13.5. The summed E-state index contributed by atoms with van der Waals surface area (Å²) < 4.78 is 5.13. The highest BCUT2D eigenvalue weighted by molar-refractivity contribution is 6.35. The first-order valence-electron chi connectivity index (χ1n) is 11.4. The van der Waals surface area contributed by atoms with Crippen molar-refractivity contribution in [3.05, 3.63) is 45.1 Å². The number of likely N-dealkylation sites (N-methyl/N-ethyl adjacent to an activating group) is 1. The lowest BCUT2D eigenvalue weighted by Gasteiger charge is -2.35. The lowest BCUT2D eigenvalue weighted by atomic mass is 9.95. The topological polar surface area (TPSA) is 85.4 Å². The van der Waals surface area contributed by atoms with Crippen molar-refractivity contribution in [3.63, 3.8) is 0 Å². The van der Waals surface area contributed by atoms with Crippen molar-refractivity contribution >= 4 is 41.0 Å². The van der Waals surface area contributed by atoms with Crippen molar-refractivity contribution in [2.45, 2.75) is 13.0 Å². The number of nitrogens with zero attached hydrogens (tertiary/aromatic N) is 4. The van der Waals surface area contributed by atoms with Gasteiger partial charge in [0.25, 0.3) is 5.91 Å². The van der Waals surface area contributed by atoms with Crippen LogP contribution in [-0.2, 0) is 14.3 Å². The Kier molecular flexibility index (Phi) is 7.67. The molecule has 1 aromatic carbocycles. The van der Waals surface area contributed by atoms with Gasteiger partial charge in [-0.05, 0) is 24.6 Å². The van der Waals surface area contributed by atoms with E-state index in [-0.39, 0.29) is 30.9 Å². The van der Waals surface area contributed by atoms with Gasteiger partial charge in [-0.1, -0.05) is 29.3 Å². The Hall–Kier alpha value is -2.33. The number of nitrogens with one attached hydrogen (secondary N) is 1. The summed E-state index contributed by atoms with van der Waals surface area (Å²) in [5.41, 5.74) is 1.66. The van der Waals surface area contributed by atoms with E-state index in [0.29, 0.717) is 53.1 Å². The van der Waals surface area contributed by atoms with E-state index in [4.69, 9.17) is 27.9 Å². The maximum absolute atomic E-state index is 13.5. The first kappa shape index (κ1) is 24.8. The van der Waals surface area contributed by atoms with Crippen molar-refractivity contribution in [2.24, 2.45) is 0 Å². The highest BCUT2D eigenvalue weighted by Crippen LogP contribution is 2.39. The van der Waals surface area contributed by atoms with Gasteiger partial charge in [-0.15, -0.1) is 0 Å². The van der Waals surface area contributed by atoms with Crippen LogP contribution in [0.2, 0.25) is 10.0 Å². The summed E-state index contributed by atoms with van der Waals surface area (Å²) in [5, 5.41) is 3.73. The molecule has 0 aromatic heterocycles. The van der Waals surface area contributed by atoms with Gasteiger partial charge in [-0.2, -0.15) is 0 Å². The lowest BCUT2D eigenvalue weighted by Crippen LogP contribution is -2.52. The van der Waals surface area contributed by atoms with Crippen LogP contribution in [0.5, 0.6) is 0 Å². The molecule has 184 valence electrons. The van der Waals surface area contributed by atoms with Gasteiger partial charge in [0.15, 0.2) is 0 Å². The zero-order valence-electron chi connectivity index (χ0n) is 19.4. The second-order valence-corrected chi connectivity index (χ2v) is 9.37. The summed E-state index contributed by atoms with van der Waals surface area (Å²) in [6.45, 7) is 6.70. The fraction of sp³-hybridized carbons (Fsp3) is 0.522. The highest BCUT2D eigenvalue weighted by atomic mass is 35.5. The summed E-state index contributed by atoms with van der Waals surface area (Å²) in [6, 6.07) is 3.97. The average Bonchev–Trinajstić information content (AvgIpc) is 3.13.